The standard InChI is InChI=1S/C10H9F5N2O/c11-6-3-1-2-5(7(6)12)8(9(16)18)17-4-10(13,14)15/h1-3,8,17H,4H2,(H2,16,18). The summed E-state index contributed by atoms with van der Waals surface area (Å²) in [6.07, 6.45) is -4.60. The first-order chi connectivity index (χ1) is 8.22. The summed E-state index contributed by atoms with van der Waals surface area (Å²) in [4.78, 5) is 11.0. The lowest BCUT2D eigenvalue weighted by Crippen LogP contribution is -2.39. The van der Waals surface area contributed by atoms with E-state index in [4.69, 9.17) is 5.73 Å². The van der Waals surface area contributed by atoms with Crippen LogP contribution in [0.4, 0.5) is 22.0 Å². The van der Waals surface area contributed by atoms with Crippen LogP contribution in [0.5, 0.6) is 0 Å². The van der Waals surface area contributed by atoms with Gasteiger partial charge in [0.25, 0.3) is 0 Å². The third kappa shape index (κ3) is 3.66. The number of amides is 1. The lowest BCUT2D eigenvalue weighted by molar-refractivity contribution is -0.131. The second kappa shape index (κ2) is 5.30. The van der Waals surface area contributed by atoms with Gasteiger partial charge in [-0.05, 0) is 6.07 Å². The summed E-state index contributed by atoms with van der Waals surface area (Å²) in [5.74, 6) is -3.91. The molecule has 0 aliphatic heterocycles. The van der Waals surface area contributed by atoms with Crippen molar-refractivity contribution in [3.8, 4) is 0 Å². The molecular formula is C10H9F5N2O. The van der Waals surface area contributed by atoms with Gasteiger partial charge in [0.15, 0.2) is 11.6 Å². The van der Waals surface area contributed by atoms with E-state index in [9.17, 15) is 26.7 Å². The molecule has 0 saturated heterocycles. The Hall–Kier alpha value is -1.70. The number of halogens is 5. The lowest BCUT2D eigenvalue weighted by atomic mass is 10.1. The summed E-state index contributed by atoms with van der Waals surface area (Å²) < 4.78 is 62.2. The van der Waals surface area contributed by atoms with E-state index in [1.807, 2.05) is 0 Å². The van der Waals surface area contributed by atoms with Crippen molar-refractivity contribution < 1.29 is 26.7 Å². The number of rotatable bonds is 4. The maximum atomic E-state index is 13.3. The highest BCUT2D eigenvalue weighted by molar-refractivity contribution is 5.81. The van der Waals surface area contributed by atoms with Gasteiger partial charge in [-0.3, -0.25) is 10.1 Å². The van der Waals surface area contributed by atoms with Crippen LogP contribution in [0.1, 0.15) is 11.6 Å². The molecule has 8 heteroatoms. The number of primary amides is 1. The molecule has 0 aliphatic carbocycles. The van der Waals surface area contributed by atoms with E-state index in [0.29, 0.717) is 0 Å². The van der Waals surface area contributed by atoms with Crippen LogP contribution in [0.25, 0.3) is 0 Å². The van der Waals surface area contributed by atoms with Gasteiger partial charge in [-0.1, -0.05) is 12.1 Å². The first-order valence-corrected chi connectivity index (χ1v) is 4.75. The van der Waals surface area contributed by atoms with Crippen LogP contribution >= 0.6 is 0 Å². The van der Waals surface area contributed by atoms with E-state index in [-0.39, 0.29) is 0 Å². The molecule has 1 aromatic carbocycles. The fraction of sp³-hybridized carbons (Fsp3) is 0.300. The number of hydrogen-bond acceptors (Lipinski definition) is 2. The molecule has 0 aromatic heterocycles. The Morgan fingerprint density at radius 1 is 1.33 bits per heavy atom. The van der Waals surface area contributed by atoms with Crippen molar-refractivity contribution in [2.45, 2.75) is 12.2 Å². The molecule has 1 unspecified atom stereocenters. The number of carbonyl (C=O) groups excluding carboxylic acids is 1. The maximum Gasteiger partial charge on any atom is 0.401 e. The highest BCUT2D eigenvalue weighted by Crippen LogP contribution is 2.21. The van der Waals surface area contributed by atoms with Crippen molar-refractivity contribution in [1.29, 1.82) is 0 Å². The molecule has 1 rings (SSSR count). The number of benzene rings is 1. The quantitative estimate of drug-likeness (QED) is 0.816. The molecule has 0 fully saturated rings. The van der Waals surface area contributed by atoms with Crippen molar-refractivity contribution >= 4 is 5.91 Å². The molecule has 1 amide bonds. The molecule has 0 spiro atoms. The second-order valence-corrected chi connectivity index (χ2v) is 3.47. The Labute approximate surface area is 98.8 Å². The first kappa shape index (κ1) is 14.4. The van der Waals surface area contributed by atoms with Gasteiger partial charge in [0.05, 0.1) is 6.54 Å². The van der Waals surface area contributed by atoms with E-state index >= 15 is 0 Å². The minimum absolute atomic E-state index is 0.563. The van der Waals surface area contributed by atoms with Crippen LogP contribution < -0.4 is 11.1 Å². The predicted molar refractivity (Wildman–Crippen MR) is 52.4 cm³/mol. The van der Waals surface area contributed by atoms with Gasteiger partial charge in [0, 0.05) is 5.56 Å². The van der Waals surface area contributed by atoms with Crippen molar-refractivity contribution in [1.82, 2.24) is 5.32 Å². The lowest BCUT2D eigenvalue weighted by Gasteiger charge is -2.17. The van der Waals surface area contributed by atoms with E-state index in [0.717, 1.165) is 18.2 Å². The van der Waals surface area contributed by atoms with Gasteiger partial charge < -0.3 is 5.73 Å². The smallest absolute Gasteiger partial charge is 0.368 e. The average Bonchev–Trinajstić information content (AvgIpc) is 2.22. The van der Waals surface area contributed by atoms with Crippen LogP contribution in [0.2, 0.25) is 0 Å². The predicted octanol–water partition coefficient (Wildman–Crippen LogP) is 1.64. The summed E-state index contributed by atoms with van der Waals surface area (Å²) in [6.45, 7) is -1.55. The van der Waals surface area contributed by atoms with Gasteiger partial charge >= 0.3 is 6.18 Å². The summed E-state index contributed by atoms with van der Waals surface area (Å²) in [7, 11) is 0. The largest absolute Gasteiger partial charge is 0.401 e. The van der Waals surface area contributed by atoms with E-state index in [2.05, 4.69) is 0 Å². The van der Waals surface area contributed by atoms with Crippen molar-refractivity contribution in [2.75, 3.05) is 6.54 Å². The maximum absolute atomic E-state index is 13.3. The molecule has 0 radical (unpaired) electrons. The van der Waals surface area contributed by atoms with Crippen molar-refractivity contribution in [3.05, 3.63) is 35.4 Å². The zero-order valence-electron chi connectivity index (χ0n) is 8.89. The van der Waals surface area contributed by atoms with Crippen molar-refractivity contribution in [3.63, 3.8) is 0 Å². The Bertz CT molecular complexity index is 446. The molecule has 1 aromatic rings. The average molecular weight is 268 g/mol. The molecule has 0 aliphatic rings. The monoisotopic (exact) mass is 268 g/mol. The highest BCUT2D eigenvalue weighted by atomic mass is 19.4. The van der Waals surface area contributed by atoms with Gasteiger partial charge in [-0.2, -0.15) is 13.2 Å². The Morgan fingerprint density at radius 3 is 2.44 bits per heavy atom. The number of hydrogen-bond donors (Lipinski definition) is 2. The fourth-order valence-electron chi connectivity index (χ4n) is 1.33. The molecule has 1 atom stereocenters. The third-order valence-electron chi connectivity index (χ3n) is 2.08. The minimum atomic E-state index is -4.60. The van der Waals surface area contributed by atoms with Crippen LogP contribution in [0, 0.1) is 11.6 Å². The van der Waals surface area contributed by atoms with Gasteiger partial charge in [0.1, 0.15) is 6.04 Å². The zero-order chi connectivity index (χ0) is 13.9. The van der Waals surface area contributed by atoms with Crippen LogP contribution in [0.15, 0.2) is 18.2 Å². The van der Waals surface area contributed by atoms with E-state index < -0.39 is 41.9 Å². The summed E-state index contributed by atoms with van der Waals surface area (Å²) in [5.41, 5.74) is 4.30. The normalized spacial score (nSPS) is 13.4. The van der Waals surface area contributed by atoms with Crippen LogP contribution in [0.3, 0.4) is 0 Å². The number of nitrogens with one attached hydrogen (secondary N) is 1. The summed E-state index contributed by atoms with van der Waals surface area (Å²) >= 11 is 0. The Balaban J connectivity index is 2.99. The minimum Gasteiger partial charge on any atom is -0.368 e. The topological polar surface area (TPSA) is 55.1 Å². The Kier molecular flexibility index (Phi) is 4.23. The molecule has 3 N–H and O–H groups in total. The SMILES string of the molecule is NC(=O)C(NCC(F)(F)F)c1cccc(F)c1F. The number of alkyl halides is 3. The summed E-state index contributed by atoms with van der Waals surface area (Å²) in [6, 6.07) is 1.08. The number of nitrogens with two attached hydrogens (primary N) is 1. The number of carbonyl (C=O) groups is 1. The first-order valence-electron chi connectivity index (χ1n) is 4.75. The molecule has 0 heterocycles. The van der Waals surface area contributed by atoms with Gasteiger partial charge in [-0.15, -0.1) is 0 Å². The van der Waals surface area contributed by atoms with E-state index in [1.54, 1.807) is 5.32 Å². The third-order valence-corrected chi connectivity index (χ3v) is 2.08. The second-order valence-electron chi connectivity index (χ2n) is 3.47. The molecule has 3 nitrogen and oxygen atoms in total. The fourth-order valence-corrected chi connectivity index (χ4v) is 1.33. The Morgan fingerprint density at radius 2 is 1.94 bits per heavy atom. The molecule has 0 saturated carbocycles. The molecule has 0 bridgehead atoms. The zero-order valence-corrected chi connectivity index (χ0v) is 8.89. The van der Waals surface area contributed by atoms with Crippen LogP contribution in [-0.2, 0) is 4.79 Å². The van der Waals surface area contributed by atoms with Gasteiger partial charge in [0.2, 0.25) is 5.91 Å². The highest BCUT2D eigenvalue weighted by Gasteiger charge is 2.31. The van der Waals surface area contributed by atoms with E-state index in [1.165, 1.54) is 0 Å². The van der Waals surface area contributed by atoms with Gasteiger partial charge in [-0.25, -0.2) is 8.78 Å². The molecule has 100 valence electrons. The van der Waals surface area contributed by atoms with Crippen molar-refractivity contribution in [2.24, 2.45) is 5.73 Å². The molecular weight excluding hydrogens is 259 g/mol. The van der Waals surface area contributed by atoms with Crippen LogP contribution in [-0.4, -0.2) is 18.6 Å². The molecule has 18 heavy (non-hydrogen) atoms. The summed E-state index contributed by atoms with van der Waals surface area (Å²) in [5, 5.41) is 1.74.